The maximum Gasteiger partial charge on any atom is 0.233 e. The van der Waals surface area contributed by atoms with Gasteiger partial charge in [0, 0.05) is 5.69 Å². The molecule has 0 saturated carbocycles. The van der Waals surface area contributed by atoms with Crippen molar-refractivity contribution < 1.29 is 72.7 Å². The summed E-state index contributed by atoms with van der Waals surface area (Å²) in [6.07, 6.45) is -17.2. The van der Waals surface area contributed by atoms with E-state index in [2.05, 4.69) is 0 Å². The molecule has 294 valence electrons. The summed E-state index contributed by atoms with van der Waals surface area (Å²) in [7, 11) is -4.21. The Bertz CT molecular complexity index is 1820. The third-order valence-electron chi connectivity index (χ3n) is 10.3. The summed E-state index contributed by atoms with van der Waals surface area (Å²) in [4.78, 5) is 14.9. The summed E-state index contributed by atoms with van der Waals surface area (Å²) in [5.74, 6) is -1.99. The number of aliphatic hydroxyl groups is 8. The van der Waals surface area contributed by atoms with E-state index < -0.39 is 114 Å². The molecule has 0 aromatic heterocycles. The molecule has 3 aliphatic heterocycles. The SMILES string of the molecule is O=C1[C@H](CC[C@H](O)c2ccc(F)cc2)[C@@H](c2ccc(S(=O)(=O)C[C@@H]3OC(CO)[C@@H](O[C@@H]4OC(CO)[C@@H](O)C(O)[C@@H]4O)C(O)[C@@H]3O)cc2)N1c1ccccc1. The van der Waals surface area contributed by atoms with E-state index in [4.69, 9.17) is 14.2 Å². The van der Waals surface area contributed by atoms with Crippen LogP contribution in [0.4, 0.5) is 10.1 Å². The third-order valence-corrected chi connectivity index (χ3v) is 12.1. The average molecular weight is 778 g/mol. The van der Waals surface area contributed by atoms with Gasteiger partial charge in [-0.25, -0.2) is 12.8 Å². The van der Waals surface area contributed by atoms with Crippen LogP contribution in [0.15, 0.2) is 83.8 Å². The molecule has 1 amide bonds. The Labute approximate surface area is 310 Å². The fourth-order valence-corrected chi connectivity index (χ4v) is 8.72. The Morgan fingerprint density at radius 2 is 1.39 bits per heavy atom. The number of sulfone groups is 1. The Hall–Kier alpha value is -3.43. The summed E-state index contributed by atoms with van der Waals surface area (Å²) in [6, 6.07) is 19.7. The Balaban J connectivity index is 1.15. The molecule has 3 fully saturated rings. The quantitative estimate of drug-likeness (QED) is 0.102. The molecule has 3 aromatic rings. The van der Waals surface area contributed by atoms with E-state index in [-0.39, 0.29) is 23.6 Å². The molecule has 17 heteroatoms. The number of para-hydroxylation sites is 1. The molecule has 8 N–H and O–H groups in total. The molecular formula is C37H44FNO14S. The summed E-state index contributed by atoms with van der Waals surface area (Å²) in [5, 5.41) is 82.6. The van der Waals surface area contributed by atoms with E-state index in [1.807, 2.05) is 0 Å². The van der Waals surface area contributed by atoms with Gasteiger partial charge in [0.15, 0.2) is 16.1 Å². The van der Waals surface area contributed by atoms with Gasteiger partial charge in [-0.2, -0.15) is 0 Å². The van der Waals surface area contributed by atoms with Gasteiger partial charge >= 0.3 is 0 Å². The highest BCUT2D eigenvalue weighted by Gasteiger charge is 2.52. The topological polar surface area (TPSA) is 244 Å². The van der Waals surface area contributed by atoms with Crippen LogP contribution in [0.25, 0.3) is 0 Å². The fraction of sp³-hybridized carbons (Fsp3) is 0.486. The van der Waals surface area contributed by atoms with Gasteiger partial charge < -0.3 is 60.0 Å². The smallest absolute Gasteiger partial charge is 0.233 e. The minimum Gasteiger partial charge on any atom is -0.394 e. The van der Waals surface area contributed by atoms with Crippen LogP contribution in [0.5, 0.6) is 0 Å². The number of benzene rings is 3. The zero-order chi connectivity index (χ0) is 38.9. The molecule has 0 bridgehead atoms. The maximum atomic E-state index is 13.6. The molecule has 0 aliphatic carbocycles. The Morgan fingerprint density at radius 1 is 0.759 bits per heavy atom. The first kappa shape index (κ1) is 40.2. The van der Waals surface area contributed by atoms with Crippen molar-refractivity contribution >= 4 is 21.4 Å². The first-order chi connectivity index (χ1) is 25.7. The van der Waals surface area contributed by atoms with Gasteiger partial charge in [0.05, 0.1) is 41.9 Å². The number of aliphatic hydroxyl groups excluding tert-OH is 8. The normalized spacial score (nSPS) is 33.6. The van der Waals surface area contributed by atoms with Crippen LogP contribution in [0.3, 0.4) is 0 Å². The van der Waals surface area contributed by atoms with E-state index in [1.54, 1.807) is 47.4 Å². The zero-order valence-electron chi connectivity index (χ0n) is 28.8. The van der Waals surface area contributed by atoms with Gasteiger partial charge in [0.25, 0.3) is 0 Å². The Morgan fingerprint density at radius 3 is 2.02 bits per heavy atom. The van der Waals surface area contributed by atoms with Gasteiger partial charge in [0.1, 0.15) is 60.8 Å². The number of carbonyl (C=O) groups is 1. The van der Waals surface area contributed by atoms with Crippen molar-refractivity contribution in [1.29, 1.82) is 0 Å². The second kappa shape index (κ2) is 16.7. The van der Waals surface area contributed by atoms with Crippen molar-refractivity contribution in [3.63, 3.8) is 0 Å². The second-order valence-electron chi connectivity index (χ2n) is 13.8. The molecule has 3 aromatic carbocycles. The minimum atomic E-state index is -4.21. The highest BCUT2D eigenvalue weighted by molar-refractivity contribution is 7.91. The third kappa shape index (κ3) is 8.09. The number of anilines is 1. The molecule has 6 rings (SSSR count). The van der Waals surface area contributed by atoms with Crippen molar-refractivity contribution in [1.82, 2.24) is 0 Å². The highest BCUT2D eigenvalue weighted by Crippen LogP contribution is 2.46. The number of halogens is 1. The number of β-lactam (4-membered cyclic amide) rings is 1. The predicted molar refractivity (Wildman–Crippen MR) is 186 cm³/mol. The summed E-state index contributed by atoms with van der Waals surface area (Å²) >= 11 is 0. The first-order valence-electron chi connectivity index (χ1n) is 17.5. The number of ether oxygens (including phenoxy) is 3. The fourth-order valence-electron chi connectivity index (χ4n) is 7.27. The first-order valence-corrected chi connectivity index (χ1v) is 19.1. The number of rotatable bonds is 13. The van der Waals surface area contributed by atoms with Crippen LogP contribution < -0.4 is 4.90 Å². The largest absolute Gasteiger partial charge is 0.394 e. The predicted octanol–water partition coefficient (Wildman–Crippen LogP) is -0.516. The highest BCUT2D eigenvalue weighted by atomic mass is 32.2. The number of hydrogen-bond acceptors (Lipinski definition) is 14. The lowest BCUT2D eigenvalue weighted by molar-refractivity contribution is -0.341. The van der Waals surface area contributed by atoms with Crippen LogP contribution in [-0.4, -0.2) is 135 Å². The molecule has 3 aliphatic rings. The monoisotopic (exact) mass is 777 g/mol. The number of hydrogen-bond donors (Lipinski definition) is 8. The zero-order valence-corrected chi connectivity index (χ0v) is 29.6. The standard InChI is InChI=1S/C37H44FNO14S/c38-21-10-6-19(7-11-21)25(42)15-14-24-29(39(36(24)48)22-4-2-1-3-5-22)20-8-12-23(13-9-20)54(49,50)18-28-31(44)33(46)35(27(17-41)51-28)53-37-34(47)32(45)30(43)26(16-40)52-37/h1-13,24-35,37,40-47H,14-18H2/t24-,25+,26?,27?,28+,29-,30-,31-,32?,33?,34+,35-,37+/m1/s1. The molecule has 15 nitrogen and oxygen atoms in total. The summed E-state index contributed by atoms with van der Waals surface area (Å²) in [5.41, 5.74) is 1.77. The van der Waals surface area contributed by atoms with Crippen LogP contribution in [0, 0.1) is 11.7 Å². The van der Waals surface area contributed by atoms with E-state index >= 15 is 0 Å². The summed E-state index contributed by atoms with van der Waals surface area (Å²) in [6.45, 7) is -1.58. The van der Waals surface area contributed by atoms with E-state index in [9.17, 15) is 58.5 Å². The van der Waals surface area contributed by atoms with Gasteiger partial charge in [-0.1, -0.05) is 42.5 Å². The van der Waals surface area contributed by atoms with E-state index in [1.165, 1.54) is 36.4 Å². The van der Waals surface area contributed by atoms with Crippen molar-refractivity contribution in [2.45, 2.75) is 91.1 Å². The van der Waals surface area contributed by atoms with Crippen molar-refractivity contribution in [3.05, 3.63) is 95.8 Å². The van der Waals surface area contributed by atoms with E-state index in [0.29, 0.717) is 16.8 Å². The van der Waals surface area contributed by atoms with Crippen LogP contribution in [-0.2, 0) is 28.8 Å². The molecular weight excluding hydrogens is 733 g/mol. The van der Waals surface area contributed by atoms with E-state index in [0.717, 1.165) is 0 Å². The lowest BCUT2D eigenvalue weighted by Crippen LogP contribution is -2.65. The molecule has 3 heterocycles. The van der Waals surface area contributed by atoms with Gasteiger partial charge in [-0.3, -0.25) is 4.79 Å². The van der Waals surface area contributed by atoms with Crippen molar-refractivity contribution in [2.75, 3.05) is 23.9 Å². The van der Waals surface area contributed by atoms with Crippen LogP contribution in [0.2, 0.25) is 0 Å². The summed E-state index contributed by atoms with van der Waals surface area (Å²) < 4.78 is 57.2. The average Bonchev–Trinajstić information content (AvgIpc) is 3.17. The van der Waals surface area contributed by atoms with Gasteiger partial charge in [0.2, 0.25) is 5.91 Å². The molecule has 3 saturated heterocycles. The molecule has 0 spiro atoms. The molecule has 4 unspecified atom stereocenters. The number of nitrogens with zero attached hydrogens (tertiary/aromatic N) is 1. The lowest BCUT2D eigenvalue weighted by atomic mass is 9.78. The van der Waals surface area contributed by atoms with Crippen molar-refractivity contribution in [2.24, 2.45) is 5.92 Å². The Kier molecular flexibility index (Phi) is 12.5. The molecule has 54 heavy (non-hydrogen) atoms. The van der Waals surface area contributed by atoms with Crippen LogP contribution >= 0.6 is 0 Å². The van der Waals surface area contributed by atoms with Gasteiger partial charge in [-0.15, -0.1) is 0 Å². The lowest BCUT2D eigenvalue weighted by Gasteiger charge is -2.48. The number of amides is 1. The number of carbonyl (C=O) groups excluding carboxylic acids is 1. The second-order valence-corrected chi connectivity index (χ2v) is 15.8. The molecule has 13 atom stereocenters. The van der Waals surface area contributed by atoms with Gasteiger partial charge in [-0.05, 0) is 60.4 Å². The van der Waals surface area contributed by atoms with Crippen LogP contribution in [0.1, 0.15) is 36.1 Å². The molecule has 0 radical (unpaired) electrons. The maximum absolute atomic E-state index is 13.6. The minimum absolute atomic E-state index is 0.156. The van der Waals surface area contributed by atoms with Crippen molar-refractivity contribution in [3.8, 4) is 0 Å².